The van der Waals surface area contributed by atoms with E-state index in [2.05, 4.69) is 18.7 Å². The first-order valence-electron chi connectivity index (χ1n) is 21.3. The molecule has 10 fully saturated rings. The van der Waals surface area contributed by atoms with Crippen LogP contribution < -0.4 is 0 Å². The maximum absolute atomic E-state index is 15.2. The monoisotopic (exact) mass is 840 g/mol. The second kappa shape index (κ2) is 14.6. The van der Waals surface area contributed by atoms with Gasteiger partial charge in [0, 0.05) is 81.4 Å². The van der Waals surface area contributed by atoms with Crippen molar-refractivity contribution in [1.29, 1.82) is 0 Å². The number of halogens is 6. The van der Waals surface area contributed by atoms with Gasteiger partial charge in [0.05, 0.1) is 19.8 Å². The zero-order valence-electron chi connectivity index (χ0n) is 34.0. The Morgan fingerprint density at radius 1 is 0.655 bits per heavy atom. The van der Waals surface area contributed by atoms with Crippen LogP contribution in [0.25, 0.3) is 0 Å². The highest BCUT2D eigenvalue weighted by Crippen LogP contribution is 2.65. The molecule has 0 aromatic rings. The molecule has 8 saturated heterocycles. The normalized spacial score (nSPS) is 48.2. The highest BCUT2D eigenvalue weighted by atomic mass is 19.4. The number of alkyl halides is 6. The van der Waals surface area contributed by atoms with E-state index >= 15 is 13.2 Å². The minimum absolute atomic E-state index is 0.0252. The average Bonchev–Trinajstić information content (AvgIpc) is 3.54. The summed E-state index contributed by atoms with van der Waals surface area (Å²) in [6.45, 7) is 11.8. The molecule has 0 aromatic carbocycles. The Morgan fingerprint density at radius 3 is 1.84 bits per heavy atom. The van der Waals surface area contributed by atoms with Gasteiger partial charge in [-0.3, -0.25) is 9.80 Å². The van der Waals surface area contributed by atoms with E-state index in [4.69, 9.17) is 48.0 Å². The summed E-state index contributed by atoms with van der Waals surface area (Å²) in [5, 5.41) is 0. The van der Waals surface area contributed by atoms with E-state index < -0.39 is 77.0 Å². The molecular formula is C40H58F6N2O10. The Morgan fingerprint density at radius 2 is 1.22 bits per heavy atom. The van der Waals surface area contributed by atoms with Gasteiger partial charge >= 0.3 is 12.4 Å². The largest absolute Gasteiger partial charge is 0.456 e. The molecule has 0 radical (unpaired) electrons. The quantitative estimate of drug-likeness (QED) is 0.138. The number of fused-ring (bicyclic) bond motifs is 4. The van der Waals surface area contributed by atoms with Crippen LogP contribution in [0, 0.1) is 41.4 Å². The van der Waals surface area contributed by atoms with Gasteiger partial charge in [-0.2, -0.15) is 26.3 Å². The molecule has 58 heavy (non-hydrogen) atoms. The molecule has 9 aliphatic heterocycles. The first kappa shape index (κ1) is 42.0. The SMILES string of the molecule is C[C@@H]1CC[C@H]2[C@@H](C)[C@](OCCN3CCN(CCOCC4=C(C(F)(F)F)O[C@@H]5O[C@]6(C)CC[C@H]7[C@H](C)CC[C@@H]4[C@@]57OO6)CC3)(C(F)(F)F)O[C@@H]3O[C@]4(C)CC[C@@H]1[C@]32OO4. The second-order valence-electron chi connectivity index (χ2n) is 18.9. The van der Waals surface area contributed by atoms with Crippen LogP contribution in [-0.4, -0.2) is 122 Å². The van der Waals surface area contributed by atoms with E-state index in [-0.39, 0.29) is 55.6 Å². The van der Waals surface area contributed by atoms with Gasteiger partial charge in [-0.05, 0) is 70.1 Å². The first-order valence-corrected chi connectivity index (χ1v) is 21.3. The van der Waals surface area contributed by atoms with Gasteiger partial charge in [0.2, 0.25) is 23.6 Å². The van der Waals surface area contributed by atoms with Crippen LogP contribution in [0.1, 0.15) is 86.0 Å². The van der Waals surface area contributed by atoms with Gasteiger partial charge in [-0.25, -0.2) is 19.6 Å². The lowest BCUT2D eigenvalue weighted by molar-refractivity contribution is -0.598. The fraction of sp³-hybridized carbons (Fsp3) is 0.950. The van der Waals surface area contributed by atoms with Crippen LogP contribution in [0.5, 0.6) is 0 Å². The molecule has 0 aromatic heterocycles. The Balaban J connectivity index is 0.797. The fourth-order valence-corrected chi connectivity index (χ4v) is 12.3. The van der Waals surface area contributed by atoms with Crippen molar-refractivity contribution in [3.8, 4) is 0 Å². The van der Waals surface area contributed by atoms with Gasteiger partial charge in [0.25, 0.3) is 5.79 Å². The van der Waals surface area contributed by atoms with Gasteiger partial charge in [0.1, 0.15) is 0 Å². The van der Waals surface area contributed by atoms with Crippen LogP contribution in [0.4, 0.5) is 26.3 Å². The molecule has 9 heterocycles. The van der Waals surface area contributed by atoms with Gasteiger partial charge in [0.15, 0.2) is 17.5 Å². The minimum atomic E-state index is -4.84. The molecular weight excluding hydrogens is 782 g/mol. The van der Waals surface area contributed by atoms with Crippen LogP contribution >= 0.6 is 0 Å². The highest BCUT2D eigenvalue weighted by Gasteiger charge is 2.77. The van der Waals surface area contributed by atoms with E-state index in [1.807, 2.05) is 4.90 Å². The third-order valence-corrected chi connectivity index (χ3v) is 15.6. The number of allylic oxidation sites excluding steroid dienone is 1. The molecule has 0 amide bonds. The predicted molar refractivity (Wildman–Crippen MR) is 188 cm³/mol. The van der Waals surface area contributed by atoms with Crippen molar-refractivity contribution in [2.24, 2.45) is 41.4 Å². The summed E-state index contributed by atoms with van der Waals surface area (Å²) >= 11 is 0. The third-order valence-electron chi connectivity index (χ3n) is 15.6. The molecule has 2 aliphatic carbocycles. The summed E-state index contributed by atoms with van der Waals surface area (Å²) in [4.78, 5) is 27.8. The van der Waals surface area contributed by atoms with E-state index in [1.54, 1.807) is 20.8 Å². The lowest BCUT2D eigenvalue weighted by Gasteiger charge is -2.62. The van der Waals surface area contributed by atoms with Crippen LogP contribution in [0.2, 0.25) is 0 Å². The summed E-state index contributed by atoms with van der Waals surface area (Å²) < 4.78 is 125. The van der Waals surface area contributed by atoms with E-state index in [9.17, 15) is 13.2 Å². The molecule has 11 aliphatic rings. The van der Waals surface area contributed by atoms with E-state index in [1.165, 1.54) is 0 Å². The molecule has 330 valence electrons. The maximum Gasteiger partial charge on any atom is 0.449 e. The lowest BCUT2D eigenvalue weighted by Crippen LogP contribution is -2.76. The average molecular weight is 841 g/mol. The van der Waals surface area contributed by atoms with Crippen molar-refractivity contribution in [3.63, 3.8) is 0 Å². The zero-order chi connectivity index (χ0) is 41.1. The van der Waals surface area contributed by atoms with E-state index in [0.717, 1.165) is 12.8 Å². The number of rotatable bonds is 9. The van der Waals surface area contributed by atoms with Gasteiger partial charge < -0.3 is 28.4 Å². The number of ether oxygens (including phenoxy) is 6. The minimum Gasteiger partial charge on any atom is -0.456 e. The van der Waals surface area contributed by atoms with Crippen molar-refractivity contribution in [2.45, 2.75) is 139 Å². The number of hydrogen-bond acceptors (Lipinski definition) is 12. The predicted octanol–water partition coefficient (Wildman–Crippen LogP) is 6.84. The molecule has 14 atom stereocenters. The molecule has 4 bridgehead atoms. The summed E-state index contributed by atoms with van der Waals surface area (Å²) in [6.07, 6.45) is -7.35. The summed E-state index contributed by atoms with van der Waals surface area (Å²) in [5.41, 5.74) is -2.33. The molecule has 0 unspecified atom stereocenters. The zero-order valence-corrected chi connectivity index (χ0v) is 34.0. The molecule has 2 saturated carbocycles. The Kier molecular flexibility index (Phi) is 10.6. The number of hydrogen-bond donors (Lipinski definition) is 0. The smallest absolute Gasteiger partial charge is 0.449 e. The van der Waals surface area contributed by atoms with Crippen LogP contribution in [-0.2, 0) is 48.0 Å². The van der Waals surface area contributed by atoms with Crippen molar-refractivity contribution in [3.05, 3.63) is 11.3 Å². The van der Waals surface area contributed by atoms with Crippen molar-refractivity contribution >= 4 is 0 Å². The van der Waals surface area contributed by atoms with Crippen molar-refractivity contribution in [1.82, 2.24) is 9.80 Å². The second-order valence-corrected chi connectivity index (χ2v) is 18.9. The maximum atomic E-state index is 15.2. The van der Waals surface area contributed by atoms with Gasteiger partial charge in [-0.1, -0.05) is 20.8 Å². The van der Waals surface area contributed by atoms with Crippen molar-refractivity contribution in [2.75, 3.05) is 59.1 Å². The van der Waals surface area contributed by atoms with Gasteiger partial charge in [-0.15, -0.1) is 0 Å². The van der Waals surface area contributed by atoms with E-state index in [0.29, 0.717) is 71.2 Å². The molecule has 0 N–H and O–H groups in total. The molecule has 11 rings (SSSR count). The topological polar surface area (TPSA) is 98.8 Å². The first-order chi connectivity index (χ1) is 27.3. The molecule has 18 heteroatoms. The number of piperazine rings is 1. The third kappa shape index (κ3) is 6.59. The summed E-state index contributed by atoms with van der Waals surface area (Å²) in [5.74, 6) is -8.47. The fourth-order valence-electron chi connectivity index (χ4n) is 12.3. The van der Waals surface area contributed by atoms with Crippen LogP contribution in [0.3, 0.4) is 0 Å². The van der Waals surface area contributed by atoms with Crippen LogP contribution in [0.15, 0.2) is 11.3 Å². The Bertz CT molecular complexity index is 1580. The molecule has 2 spiro atoms. The Hall–Kier alpha value is -1.32. The molecule has 12 nitrogen and oxygen atoms in total. The summed E-state index contributed by atoms with van der Waals surface area (Å²) in [6, 6.07) is 0. The van der Waals surface area contributed by atoms with Crippen molar-refractivity contribution < 1.29 is 74.3 Å². The lowest BCUT2D eigenvalue weighted by atomic mass is 9.57. The Labute approximate surface area is 335 Å². The number of nitrogens with zero attached hydrogens (tertiary/aromatic N) is 2. The summed E-state index contributed by atoms with van der Waals surface area (Å²) in [7, 11) is 0. The standard InChI is InChI=1S/C40H58F6N2O10/c1-23-6-8-29-25(3)38(40(44,45)46,54-33-36(29)27(23)10-13-35(5,53-33)56-57-36)50-21-19-48-16-14-47(15-17-48)18-20-49-22-26-30-9-7-24(2)28-11-12-34(4)52-32(37(28,30)58-55-34)51-31(26)39(41,42)43/h23-25,27-30,32-33H,6-22H2,1-5H3/t23-,24-,25-,27+,28+,29+,30+,32-,33+,34+,35+,36-,37-,38-/m1/s1. The highest BCUT2D eigenvalue weighted by molar-refractivity contribution is 5.28.